The highest BCUT2D eigenvalue weighted by atomic mass is 15.1. The van der Waals surface area contributed by atoms with Crippen LogP contribution in [0.25, 0.3) is 77.2 Å². The largest absolute Gasteiger partial charge is 0.310 e. The van der Waals surface area contributed by atoms with Crippen molar-refractivity contribution in [2.75, 3.05) is 9.80 Å². The van der Waals surface area contributed by atoms with E-state index in [2.05, 4.69) is 306 Å². The summed E-state index contributed by atoms with van der Waals surface area (Å²) in [6.45, 7) is 13.9. The second-order valence-electron chi connectivity index (χ2n) is 22.7. The summed E-state index contributed by atoms with van der Waals surface area (Å²) in [4.78, 5) is 4.87. The fourth-order valence-corrected chi connectivity index (χ4v) is 13.1. The van der Waals surface area contributed by atoms with Crippen molar-refractivity contribution in [3.8, 4) is 55.6 Å². The van der Waals surface area contributed by atoms with Crippen molar-refractivity contribution in [1.29, 1.82) is 0 Å². The Balaban J connectivity index is 0.790. The molecule has 0 radical (unpaired) electrons. The molecule has 0 N–H and O–H groups in total. The summed E-state index contributed by atoms with van der Waals surface area (Å²) in [6.07, 6.45) is 0. The van der Waals surface area contributed by atoms with Gasteiger partial charge in [-0.2, -0.15) is 0 Å². The molecule has 0 atom stereocenters. The first-order chi connectivity index (χ1) is 38.0. The fourth-order valence-electron chi connectivity index (χ4n) is 13.1. The Bertz CT molecular complexity index is 4100. The molecular formula is C76H60N2. The van der Waals surface area contributed by atoms with Crippen molar-refractivity contribution in [1.82, 2.24) is 0 Å². The summed E-state index contributed by atoms with van der Waals surface area (Å²) in [6, 6.07) is 95.0. The van der Waals surface area contributed by atoms with Gasteiger partial charge >= 0.3 is 0 Å². The molecule has 0 spiro atoms. The van der Waals surface area contributed by atoms with Gasteiger partial charge in [-0.05, 0) is 197 Å². The standard InChI is InChI=1S/C76H60N2/c1-49-41-55(31-37-65(49)57-21-15-23-59(45-57)77(61-33-29-51-17-7-9-19-53(51)43-61)63-35-39-69-67-25-11-13-27-71(67)75(3,4)73(69)47-63)56-32-38-66(50(2)42-56)58-22-16-24-60(46-58)78(62-34-30-52-18-8-10-20-54(52)44-62)64-36-40-70-68-26-12-14-28-72(68)76(5,6)74(70)48-64/h7-48H,1-6H3. The van der Waals surface area contributed by atoms with Gasteiger partial charge < -0.3 is 9.80 Å². The zero-order chi connectivity index (χ0) is 52.9. The number of hydrogen-bond acceptors (Lipinski definition) is 2. The minimum atomic E-state index is -0.113. The van der Waals surface area contributed by atoms with Crippen LogP contribution in [-0.4, -0.2) is 0 Å². The van der Waals surface area contributed by atoms with Crippen LogP contribution in [0.2, 0.25) is 0 Å². The maximum Gasteiger partial charge on any atom is 0.0468 e. The predicted octanol–water partition coefficient (Wildman–Crippen LogP) is 21.2. The van der Waals surface area contributed by atoms with Crippen molar-refractivity contribution < 1.29 is 0 Å². The molecule has 374 valence electrons. The lowest BCUT2D eigenvalue weighted by Gasteiger charge is -2.29. The molecule has 2 aliphatic rings. The van der Waals surface area contributed by atoms with Crippen molar-refractivity contribution in [2.45, 2.75) is 52.4 Å². The van der Waals surface area contributed by atoms with E-state index in [1.165, 1.54) is 111 Å². The second-order valence-corrected chi connectivity index (χ2v) is 22.7. The van der Waals surface area contributed by atoms with Gasteiger partial charge in [0.05, 0.1) is 0 Å². The Labute approximate surface area is 459 Å². The quantitative estimate of drug-likeness (QED) is 0.142. The fraction of sp³-hybridized carbons (Fsp3) is 0.105. The maximum absolute atomic E-state index is 2.44. The van der Waals surface area contributed by atoms with Crippen LogP contribution in [0.5, 0.6) is 0 Å². The molecule has 0 saturated heterocycles. The van der Waals surface area contributed by atoms with Gasteiger partial charge in [-0.3, -0.25) is 0 Å². The molecule has 12 aromatic rings. The molecule has 0 heterocycles. The average molecular weight is 1000 g/mol. The number of nitrogens with zero attached hydrogens (tertiary/aromatic N) is 2. The summed E-state index contributed by atoms with van der Waals surface area (Å²) in [5.74, 6) is 0. The Hall–Kier alpha value is -9.24. The van der Waals surface area contributed by atoms with Crippen LogP contribution >= 0.6 is 0 Å². The number of rotatable bonds is 9. The highest BCUT2D eigenvalue weighted by molar-refractivity contribution is 5.94. The molecule has 0 aliphatic heterocycles. The van der Waals surface area contributed by atoms with Crippen molar-refractivity contribution in [3.05, 3.63) is 288 Å². The van der Waals surface area contributed by atoms with E-state index in [0.717, 1.165) is 34.1 Å². The lowest BCUT2D eigenvalue weighted by molar-refractivity contribution is 0.660. The van der Waals surface area contributed by atoms with E-state index in [1.807, 2.05) is 0 Å². The highest BCUT2D eigenvalue weighted by Crippen LogP contribution is 2.53. The first kappa shape index (κ1) is 47.2. The third-order valence-corrected chi connectivity index (χ3v) is 17.2. The first-order valence-electron chi connectivity index (χ1n) is 27.5. The molecule has 2 aliphatic carbocycles. The van der Waals surface area contributed by atoms with Gasteiger partial charge in [-0.1, -0.05) is 210 Å². The van der Waals surface area contributed by atoms with Crippen molar-refractivity contribution in [2.24, 2.45) is 0 Å². The van der Waals surface area contributed by atoms with Gasteiger partial charge in [0.15, 0.2) is 0 Å². The number of benzene rings is 12. The van der Waals surface area contributed by atoms with Gasteiger partial charge in [0.1, 0.15) is 0 Å². The number of anilines is 6. The highest BCUT2D eigenvalue weighted by Gasteiger charge is 2.37. The van der Waals surface area contributed by atoms with Crippen LogP contribution < -0.4 is 9.80 Å². The third-order valence-electron chi connectivity index (χ3n) is 17.2. The van der Waals surface area contributed by atoms with Gasteiger partial charge in [-0.25, -0.2) is 0 Å². The van der Waals surface area contributed by atoms with Crippen molar-refractivity contribution in [3.63, 3.8) is 0 Å². The normalized spacial score (nSPS) is 13.5. The number of hydrogen-bond donors (Lipinski definition) is 0. The van der Waals surface area contributed by atoms with Crippen LogP contribution in [0.1, 0.15) is 61.1 Å². The lowest BCUT2D eigenvalue weighted by Crippen LogP contribution is -2.16. The Morgan fingerprint density at radius 2 is 0.577 bits per heavy atom. The first-order valence-corrected chi connectivity index (χ1v) is 27.5. The smallest absolute Gasteiger partial charge is 0.0468 e. The molecule has 78 heavy (non-hydrogen) atoms. The minimum Gasteiger partial charge on any atom is -0.310 e. The van der Waals surface area contributed by atoms with Crippen LogP contribution in [0.4, 0.5) is 34.1 Å². The molecule has 0 amide bonds. The lowest BCUT2D eigenvalue weighted by atomic mass is 9.82. The summed E-state index contributed by atoms with van der Waals surface area (Å²) in [5.41, 5.74) is 27.1. The number of aryl methyl sites for hydroxylation is 2. The average Bonchev–Trinajstić information content (AvgIpc) is 3.98. The predicted molar refractivity (Wildman–Crippen MR) is 332 cm³/mol. The van der Waals surface area contributed by atoms with Crippen LogP contribution in [0.15, 0.2) is 255 Å². The third kappa shape index (κ3) is 7.77. The van der Waals surface area contributed by atoms with Crippen molar-refractivity contribution >= 4 is 55.7 Å². The van der Waals surface area contributed by atoms with E-state index in [-0.39, 0.29) is 10.8 Å². The Kier molecular flexibility index (Phi) is 11.0. The molecule has 0 fully saturated rings. The van der Waals surface area contributed by atoms with Gasteiger partial charge in [0.25, 0.3) is 0 Å². The Morgan fingerprint density at radius 3 is 1.01 bits per heavy atom. The van der Waals surface area contributed by atoms with Crippen LogP contribution in [-0.2, 0) is 10.8 Å². The number of fused-ring (bicyclic) bond motifs is 8. The zero-order valence-corrected chi connectivity index (χ0v) is 45.1. The molecule has 2 nitrogen and oxygen atoms in total. The molecule has 12 aromatic carbocycles. The topological polar surface area (TPSA) is 6.48 Å². The second kappa shape index (κ2) is 18.2. The molecular weight excluding hydrogens is 941 g/mol. The SMILES string of the molecule is Cc1cc(-c2ccc(-c3cccc(N(c4ccc5c(c4)C(C)(C)c4ccccc4-5)c4ccc5ccccc5c4)c3)c(C)c2)ccc1-c1cccc(N(c2ccc3c(c2)C(C)(C)c2ccccc2-3)c2ccc3ccccc3c2)c1. The molecule has 0 saturated carbocycles. The van der Waals surface area contributed by atoms with E-state index < -0.39 is 0 Å². The van der Waals surface area contributed by atoms with E-state index in [1.54, 1.807) is 0 Å². The minimum absolute atomic E-state index is 0.113. The molecule has 0 bridgehead atoms. The summed E-state index contributed by atoms with van der Waals surface area (Å²) in [5, 5.41) is 4.91. The van der Waals surface area contributed by atoms with Crippen LogP contribution in [0.3, 0.4) is 0 Å². The van der Waals surface area contributed by atoms with E-state index in [9.17, 15) is 0 Å². The maximum atomic E-state index is 2.44. The van der Waals surface area contributed by atoms with E-state index >= 15 is 0 Å². The van der Waals surface area contributed by atoms with Gasteiger partial charge in [0, 0.05) is 45.0 Å². The molecule has 0 aromatic heterocycles. The van der Waals surface area contributed by atoms with Gasteiger partial charge in [-0.15, -0.1) is 0 Å². The monoisotopic (exact) mass is 1000 g/mol. The van der Waals surface area contributed by atoms with E-state index in [4.69, 9.17) is 0 Å². The van der Waals surface area contributed by atoms with Gasteiger partial charge in [0.2, 0.25) is 0 Å². The summed E-state index contributed by atoms with van der Waals surface area (Å²) < 4.78 is 0. The summed E-state index contributed by atoms with van der Waals surface area (Å²) >= 11 is 0. The molecule has 0 unspecified atom stereocenters. The van der Waals surface area contributed by atoms with Crippen LogP contribution in [0, 0.1) is 13.8 Å². The molecule has 2 heteroatoms. The van der Waals surface area contributed by atoms with E-state index in [0.29, 0.717) is 0 Å². The Morgan fingerprint density at radius 1 is 0.231 bits per heavy atom. The molecule has 14 rings (SSSR count). The summed E-state index contributed by atoms with van der Waals surface area (Å²) in [7, 11) is 0. The zero-order valence-electron chi connectivity index (χ0n) is 45.1.